The summed E-state index contributed by atoms with van der Waals surface area (Å²) in [6.07, 6.45) is 3.23. The van der Waals surface area contributed by atoms with E-state index in [-0.39, 0.29) is 37.1 Å². The van der Waals surface area contributed by atoms with Gasteiger partial charge in [-0.2, -0.15) is 0 Å². The minimum atomic E-state index is -1.22. The van der Waals surface area contributed by atoms with Crippen LogP contribution in [0.15, 0.2) is 79.1 Å². The number of aromatic nitrogens is 1. The second kappa shape index (κ2) is 10.00. The molecule has 1 aliphatic rings. The Morgan fingerprint density at radius 3 is 2.38 bits per heavy atom. The first-order valence-corrected chi connectivity index (χ1v) is 11.6. The maximum atomic E-state index is 13.9. The van der Waals surface area contributed by atoms with Gasteiger partial charge >= 0.3 is 0 Å². The number of carbonyl (C=O) groups is 3. The van der Waals surface area contributed by atoms with Crippen LogP contribution >= 0.6 is 0 Å². The highest BCUT2D eigenvalue weighted by molar-refractivity contribution is 6.10. The number of carbonyl (C=O) groups excluding carboxylic acids is 3. The lowest BCUT2D eigenvalue weighted by atomic mass is 9.74. The molecule has 6 heteroatoms. The number of benzene rings is 2. The van der Waals surface area contributed by atoms with E-state index in [1.165, 1.54) is 4.90 Å². The number of likely N-dealkylation sites (tertiary alicyclic amines) is 1. The maximum Gasteiger partial charge on any atom is 0.241 e. The lowest BCUT2D eigenvalue weighted by molar-refractivity contribution is -0.143. The Hall–Kier alpha value is -3.80. The third-order valence-corrected chi connectivity index (χ3v) is 6.54. The number of hydrogen-bond donors (Lipinski definition) is 0. The Morgan fingerprint density at radius 1 is 1.00 bits per heavy atom. The van der Waals surface area contributed by atoms with E-state index in [2.05, 4.69) is 4.98 Å². The van der Waals surface area contributed by atoms with Crippen molar-refractivity contribution in [3.8, 4) is 0 Å². The average molecular weight is 456 g/mol. The smallest absolute Gasteiger partial charge is 0.241 e. The number of imide groups is 1. The second-order valence-corrected chi connectivity index (χ2v) is 8.79. The molecular weight excluding hydrogens is 426 g/mol. The van der Waals surface area contributed by atoms with Gasteiger partial charge in [0, 0.05) is 38.3 Å². The number of rotatable bonds is 8. The molecule has 0 spiro atoms. The predicted octanol–water partition coefficient (Wildman–Crippen LogP) is 4.03. The summed E-state index contributed by atoms with van der Waals surface area (Å²) < 4.78 is 0. The Labute approximate surface area is 200 Å². The largest absolute Gasteiger partial charge is 0.339 e. The normalized spacial score (nSPS) is 17.8. The predicted molar refractivity (Wildman–Crippen MR) is 129 cm³/mol. The highest BCUT2D eigenvalue weighted by atomic mass is 16.2. The van der Waals surface area contributed by atoms with Gasteiger partial charge in [-0.3, -0.25) is 24.3 Å². The molecule has 2 heterocycles. The number of amides is 3. The summed E-state index contributed by atoms with van der Waals surface area (Å²) in [5.74, 6) is -0.727. The third kappa shape index (κ3) is 4.62. The van der Waals surface area contributed by atoms with Crippen molar-refractivity contribution in [1.82, 2.24) is 14.8 Å². The molecule has 3 amide bonds. The highest BCUT2D eigenvalue weighted by Gasteiger charge is 2.54. The molecule has 1 aliphatic heterocycles. The van der Waals surface area contributed by atoms with Crippen molar-refractivity contribution in [2.75, 3.05) is 6.54 Å². The molecule has 6 nitrogen and oxygen atoms in total. The Bertz CT molecular complexity index is 1180. The topological polar surface area (TPSA) is 70.6 Å². The number of nitrogens with zero attached hydrogens (tertiary/aromatic N) is 3. The van der Waals surface area contributed by atoms with E-state index in [0.717, 1.165) is 22.3 Å². The summed E-state index contributed by atoms with van der Waals surface area (Å²) in [5, 5.41) is 0. The minimum Gasteiger partial charge on any atom is -0.339 e. The average Bonchev–Trinajstić information content (AvgIpc) is 3.08. The van der Waals surface area contributed by atoms with Gasteiger partial charge in [0.1, 0.15) is 0 Å². The molecular formula is C28H29N3O3. The summed E-state index contributed by atoms with van der Waals surface area (Å²) in [4.78, 5) is 47.8. The van der Waals surface area contributed by atoms with Crippen molar-refractivity contribution >= 4 is 17.7 Å². The molecule has 4 rings (SSSR count). The summed E-state index contributed by atoms with van der Waals surface area (Å²) in [6.45, 7) is 4.97. The zero-order chi connectivity index (χ0) is 24.1. The lowest BCUT2D eigenvalue weighted by Crippen LogP contribution is -2.43. The van der Waals surface area contributed by atoms with E-state index in [9.17, 15) is 14.4 Å². The van der Waals surface area contributed by atoms with Gasteiger partial charge in [0.15, 0.2) is 0 Å². The zero-order valence-corrected chi connectivity index (χ0v) is 19.6. The van der Waals surface area contributed by atoms with Crippen LogP contribution in [-0.4, -0.2) is 39.1 Å². The lowest BCUT2D eigenvalue weighted by Gasteiger charge is -2.31. The fourth-order valence-electron chi connectivity index (χ4n) is 4.74. The van der Waals surface area contributed by atoms with E-state index in [1.807, 2.05) is 74.5 Å². The first-order chi connectivity index (χ1) is 16.4. The van der Waals surface area contributed by atoms with Crippen LogP contribution in [-0.2, 0) is 32.9 Å². The fourth-order valence-corrected chi connectivity index (χ4v) is 4.74. The van der Waals surface area contributed by atoms with Crippen molar-refractivity contribution in [2.24, 2.45) is 0 Å². The zero-order valence-electron chi connectivity index (χ0n) is 19.6. The van der Waals surface area contributed by atoms with Crippen LogP contribution in [0, 0.1) is 6.92 Å². The van der Waals surface area contributed by atoms with Crippen LogP contribution in [0.3, 0.4) is 0 Å². The van der Waals surface area contributed by atoms with Gasteiger partial charge in [0.2, 0.25) is 17.7 Å². The molecule has 0 bridgehead atoms. The molecule has 3 aromatic rings. The van der Waals surface area contributed by atoms with Crippen molar-refractivity contribution in [1.29, 1.82) is 0 Å². The van der Waals surface area contributed by atoms with Gasteiger partial charge in [0.25, 0.3) is 0 Å². The summed E-state index contributed by atoms with van der Waals surface area (Å²) >= 11 is 0. The second-order valence-electron chi connectivity index (χ2n) is 8.79. The molecule has 34 heavy (non-hydrogen) atoms. The van der Waals surface area contributed by atoms with Gasteiger partial charge in [-0.1, -0.05) is 60.7 Å². The molecule has 1 aromatic heterocycles. The van der Waals surface area contributed by atoms with Crippen LogP contribution in [0.1, 0.15) is 42.0 Å². The highest BCUT2D eigenvalue weighted by Crippen LogP contribution is 2.42. The van der Waals surface area contributed by atoms with E-state index in [4.69, 9.17) is 0 Å². The quantitative estimate of drug-likeness (QED) is 0.481. The fraction of sp³-hybridized carbons (Fsp3) is 0.286. The molecule has 0 saturated carbocycles. The first-order valence-electron chi connectivity index (χ1n) is 11.6. The van der Waals surface area contributed by atoms with Crippen molar-refractivity contribution < 1.29 is 14.4 Å². The summed E-state index contributed by atoms with van der Waals surface area (Å²) in [7, 11) is 0. The molecule has 1 unspecified atom stereocenters. The van der Waals surface area contributed by atoms with Crippen LogP contribution in [0.25, 0.3) is 0 Å². The van der Waals surface area contributed by atoms with Crippen molar-refractivity contribution in [3.63, 3.8) is 0 Å². The van der Waals surface area contributed by atoms with Crippen LogP contribution in [0.5, 0.6) is 0 Å². The van der Waals surface area contributed by atoms with Crippen molar-refractivity contribution in [3.05, 3.63) is 101 Å². The molecule has 0 aliphatic carbocycles. The molecule has 1 fully saturated rings. The Kier molecular flexibility index (Phi) is 6.87. The number of pyridine rings is 1. The first kappa shape index (κ1) is 23.4. The standard InChI is InChI=1S/C28H29N3O3/c1-3-30(19-22-11-5-4-6-12-22)25(32)16-28(24-14-8-7-10-21(24)2)17-26(33)31(27(28)34)20-23-13-9-15-29-18-23/h4-15,18H,3,16-17,19-20H2,1-2H3. The van der Waals surface area contributed by atoms with Crippen LogP contribution < -0.4 is 0 Å². The van der Waals surface area contributed by atoms with Crippen molar-refractivity contribution in [2.45, 2.75) is 45.2 Å². The van der Waals surface area contributed by atoms with E-state index in [1.54, 1.807) is 23.4 Å². The van der Waals surface area contributed by atoms with E-state index < -0.39 is 5.41 Å². The van der Waals surface area contributed by atoms with Crippen LogP contribution in [0.4, 0.5) is 0 Å². The summed E-state index contributed by atoms with van der Waals surface area (Å²) in [6, 6.07) is 20.9. The van der Waals surface area contributed by atoms with E-state index >= 15 is 0 Å². The van der Waals surface area contributed by atoms with Gasteiger partial charge in [-0.05, 0) is 42.2 Å². The van der Waals surface area contributed by atoms with Gasteiger partial charge in [-0.25, -0.2) is 0 Å². The van der Waals surface area contributed by atoms with Crippen LogP contribution in [0.2, 0.25) is 0 Å². The minimum absolute atomic E-state index is 0.0222. The van der Waals surface area contributed by atoms with Gasteiger partial charge in [0.05, 0.1) is 12.0 Å². The molecule has 0 radical (unpaired) electrons. The molecule has 0 N–H and O–H groups in total. The molecule has 2 aromatic carbocycles. The van der Waals surface area contributed by atoms with Gasteiger partial charge in [-0.15, -0.1) is 0 Å². The van der Waals surface area contributed by atoms with Gasteiger partial charge < -0.3 is 4.90 Å². The SMILES string of the molecule is CCN(Cc1ccccc1)C(=O)CC1(c2ccccc2C)CC(=O)N(Cc2cccnc2)C1=O. The number of hydrogen-bond acceptors (Lipinski definition) is 4. The Morgan fingerprint density at radius 2 is 1.71 bits per heavy atom. The third-order valence-electron chi connectivity index (χ3n) is 6.54. The number of aryl methyl sites for hydroxylation is 1. The molecule has 1 saturated heterocycles. The summed E-state index contributed by atoms with van der Waals surface area (Å²) in [5.41, 5.74) is 2.22. The maximum absolute atomic E-state index is 13.9. The monoisotopic (exact) mass is 455 g/mol. The molecule has 1 atom stereocenters. The molecule has 174 valence electrons. The Balaban J connectivity index is 1.67. The van der Waals surface area contributed by atoms with E-state index in [0.29, 0.717) is 13.1 Å².